The normalized spacial score (nSPS) is 12.6. The van der Waals surface area contributed by atoms with Crippen molar-refractivity contribution in [1.82, 2.24) is 0 Å². The van der Waals surface area contributed by atoms with E-state index < -0.39 is 83.5 Å². The number of azo groups is 3. The predicted octanol–water partition coefficient (Wildman–Crippen LogP) is 8.16. The maximum Gasteiger partial charge on any atom is 0.296 e. The van der Waals surface area contributed by atoms with Gasteiger partial charge in [-0.25, -0.2) is 0 Å². The van der Waals surface area contributed by atoms with Gasteiger partial charge in [-0.3, -0.25) is 23.8 Å². The maximum absolute atomic E-state index is 12.5. The lowest BCUT2D eigenvalue weighted by Gasteiger charge is -2.14. The number of nitrogens with zero attached hydrogens (tertiary/aromatic N) is 7. The molecule has 6 aromatic rings. The average molecular weight is 877 g/mol. The molecule has 0 saturated carbocycles. The average Bonchev–Trinajstić information content (AvgIpc) is 3.18. The number of nitro groups is 1. The van der Waals surface area contributed by atoms with Crippen LogP contribution in [0.15, 0.2) is 136 Å². The Morgan fingerprint density at radius 2 is 1.00 bits per heavy atom. The van der Waals surface area contributed by atoms with Gasteiger partial charge in [0.15, 0.2) is 5.75 Å². The molecule has 10 N–H and O–H groups in total. The predicted molar refractivity (Wildman–Crippen MR) is 217 cm³/mol. The van der Waals surface area contributed by atoms with Crippen LogP contribution in [0.3, 0.4) is 0 Å². The SMILES string of the molecule is Cc1c(N)cc(S(=O)(=O)O)c(N=Nc2ccc(-c3ccc(N=Nc4c(S(=O)(=O)O)cc5cc(S(=O)(=O)O)c(N=Nc6cccc([N+](=O)[O-])c6)c(N)c5c4O)cc3)cc2)c1N. The van der Waals surface area contributed by atoms with E-state index in [9.17, 15) is 54.1 Å². The quantitative estimate of drug-likeness (QED) is 0.0212. The van der Waals surface area contributed by atoms with E-state index in [1.165, 1.54) is 24.3 Å². The molecule has 60 heavy (non-hydrogen) atoms. The van der Waals surface area contributed by atoms with E-state index in [2.05, 4.69) is 30.7 Å². The zero-order chi connectivity index (χ0) is 43.9. The van der Waals surface area contributed by atoms with Crippen molar-refractivity contribution >= 4 is 98.0 Å². The number of nitrogen functional groups attached to an aromatic ring is 3. The van der Waals surface area contributed by atoms with Gasteiger partial charge in [0.1, 0.15) is 31.7 Å². The van der Waals surface area contributed by atoms with E-state index in [4.69, 9.17) is 17.2 Å². The third-order valence-corrected chi connectivity index (χ3v) is 11.3. The number of phenols is 1. The van der Waals surface area contributed by atoms with Gasteiger partial charge in [-0.1, -0.05) is 30.3 Å². The van der Waals surface area contributed by atoms with Gasteiger partial charge >= 0.3 is 0 Å². The molecular weight excluding hydrogens is 849 g/mol. The van der Waals surface area contributed by atoms with Crippen LogP contribution < -0.4 is 17.2 Å². The molecule has 0 spiro atoms. The summed E-state index contributed by atoms with van der Waals surface area (Å²) in [4.78, 5) is 7.86. The topological polar surface area (TPSA) is 379 Å². The fourth-order valence-corrected chi connectivity index (χ4v) is 7.62. The first-order valence-electron chi connectivity index (χ1n) is 16.5. The standard InChI is InChI=1S/C35H28N10O12S3/c1-17-25(36)16-28(60(55,56)57)32(30(17)37)42-39-21-9-5-18(6-10-21)19-7-11-22(12-8-19)40-44-34-27(59(52,53)54)14-20-13-26(58(49,50)51)33(31(38)29(20)35(34)46)43-41-23-3-2-4-24(15-23)45(47)48/h2-16,46H,36-38H2,1H3,(H,49,50,51)(H,52,53,54)(H,55,56,57). The maximum atomic E-state index is 12.5. The number of rotatable bonds is 11. The lowest BCUT2D eigenvalue weighted by molar-refractivity contribution is -0.384. The van der Waals surface area contributed by atoms with Gasteiger partial charge in [-0.05, 0) is 77.5 Å². The summed E-state index contributed by atoms with van der Waals surface area (Å²) in [6, 6.07) is 19.8. The Morgan fingerprint density at radius 3 is 1.48 bits per heavy atom. The van der Waals surface area contributed by atoms with Gasteiger partial charge in [-0.15, -0.1) is 15.3 Å². The first-order chi connectivity index (χ1) is 28.0. The van der Waals surface area contributed by atoms with Crippen LogP contribution in [0, 0.1) is 17.0 Å². The Balaban J connectivity index is 1.33. The molecule has 0 atom stereocenters. The number of nitrogens with two attached hydrogens (primary N) is 3. The van der Waals surface area contributed by atoms with E-state index in [1.807, 2.05) is 0 Å². The minimum Gasteiger partial charge on any atom is -0.505 e. The molecule has 0 bridgehead atoms. The van der Waals surface area contributed by atoms with Crippen molar-refractivity contribution in [2.24, 2.45) is 30.7 Å². The molecule has 0 aromatic heterocycles. The Kier molecular flexibility index (Phi) is 11.2. The third kappa shape index (κ3) is 8.74. The van der Waals surface area contributed by atoms with Crippen molar-refractivity contribution in [2.45, 2.75) is 21.6 Å². The minimum absolute atomic E-state index is 0.0349. The van der Waals surface area contributed by atoms with Gasteiger partial charge in [0.25, 0.3) is 36.0 Å². The highest BCUT2D eigenvalue weighted by atomic mass is 32.2. The molecule has 0 heterocycles. The second-order valence-electron chi connectivity index (χ2n) is 12.6. The Bertz CT molecular complexity index is 3200. The highest BCUT2D eigenvalue weighted by Gasteiger charge is 2.28. The molecule has 0 amide bonds. The number of anilines is 3. The fourth-order valence-electron chi connectivity index (χ4n) is 5.62. The van der Waals surface area contributed by atoms with Crippen LogP contribution in [0.25, 0.3) is 21.9 Å². The molecule has 0 radical (unpaired) electrons. The van der Waals surface area contributed by atoms with E-state index in [-0.39, 0.29) is 39.8 Å². The van der Waals surface area contributed by atoms with E-state index >= 15 is 0 Å². The molecule has 22 nitrogen and oxygen atoms in total. The van der Waals surface area contributed by atoms with Crippen LogP contribution in [-0.4, -0.2) is 48.9 Å². The molecule has 0 aliphatic heterocycles. The van der Waals surface area contributed by atoms with Crippen LogP contribution in [0.1, 0.15) is 5.56 Å². The number of non-ortho nitro benzene ring substituents is 1. The zero-order valence-electron chi connectivity index (χ0n) is 30.3. The van der Waals surface area contributed by atoms with E-state index in [0.29, 0.717) is 22.8 Å². The molecule has 6 aromatic carbocycles. The van der Waals surface area contributed by atoms with Gasteiger partial charge in [-0.2, -0.15) is 40.6 Å². The molecule has 0 aliphatic rings. The largest absolute Gasteiger partial charge is 0.505 e. The van der Waals surface area contributed by atoms with Crippen LogP contribution in [0.5, 0.6) is 5.75 Å². The number of hydrogen-bond donors (Lipinski definition) is 7. The van der Waals surface area contributed by atoms with Crippen molar-refractivity contribution in [2.75, 3.05) is 17.2 Å². The molecule has 25 heteroatoms. The molecular formula is C35H28N10O12S3. The second kappa shape index (κ2) is 15.8. The van der Waals surface area contributed by atoms with Crippen molar-refractivity contribution in [3.8, 4) is 16.9 Å². The molecule has 0 aliphatic carbocycles. The summed E-state index contributed by atoms with van der Waals surface area (Å²) in [5, 5.41) is 45.0. The Hall–Kier alpha value is -7.29. The van der Waals surface area contributed by atoms with Crippen LogP contribution in [0.2, 0.25) is 0 Å². The van der Waals surface area contributed by atoms with Gasteiger partial charge in [0.2, 0.25) is 0 Å². The number of phenolic OH excluding ortho intramolecular Hbond substituents is 1. The summed E-state index contributed by atoms with van der Waals surface area (Å²) in [7, 11) is -15.1. The summed E-state index contributed by atoms with van der Waals surface area (Å²) in [6.07, 6.45) is 0. The first kappa shape index (κ1) is 42.3. The van der Waals surface area contributed by atoms with Crippen LogP contribution >= 0.6 is 0 Å². The number of benzene rings is 6. The van der Waals surface area contributed by atoms with E-state index in [0.717, 1.165) is 24.3 Å². The number of fused-ring (bicyclic) bond motifs is 1. The van der Waals surface area contributed by atoms with E-state index in [1.54, 1.807) is 43.3 Å². The number of nitro benzene ring substituents is 1. The van der Waals surface area contributed by atoms with Crippen LogP contribution in [-0.2, 0) is 30.4 Å². The van der Waals surface area contributed by atoms with Gasteiger partial charge in [0.05, 0.1) is 38.7 Å². The monoisotopic (exact) mass is 876 g/mol. The van der Waals surface area contributed by atoms with Gasteiger partial charge in [0, 0.05) is 17.8 Å². The summed E-state index contributed by atoms with van der Waals surface area (Å²) in [5.74, 6) is -0.993. The first-order valence-corrected chi connectivity index (χ1v) is 20.8. The highest BCUT2D eigenvalue weighted by Crippen LogP contribution is 2.48. The summed E-state index contributed by atoms with van der Waals surface area (Å²) in [5.41, 5.74) is 17.1. The number of hydrogen-bond acceptors (Lipinski definition) is 18. The molecule has 0 unspecified atom stereocenters. The minimum atomic E-state index is -5.19. The summed E-state index contributed by atoms with van der Waals surface area (Å²) >= 11 is 0. The lowest BCUT2D eigenvalue weighted by Crippen LogP contribution is -2.04. The Labute approximate surface area is 338 Å². The fraction of sp³-hybridized carbons (Fsp3) is 0.0286. The third-order valence-electron chi connectivity index (χ3n) is 8.66. The molecule has 0 saturated heterocycles. The van der Waals surface area contributed by atoms with Crippen molar-refractivity contribution in [3.63, 3.8) is 0 Å². The Morgan fingerprint density at radius 1 is 0.567 bits per heavy atom. The second-order valence-corrected chi connectivity index (χ2v) is 16.7. The van der Waals surface area contributed by atoms with Gasteiger partial charge < -0.3 is 22.3 Å². The summed E-state index contributed by atoms with van der Waals surface area (Å²) in [6.45, 7) is 1.55. The highest BCUT2D eigenvalue weighted by molar-refractivity contribution is 7.86. The molecule has 6 rings (SSSR count). The summed E-state index contributed by atoms with van der Waals surface area (Å²) < 4.78 is 103. The molecule has 308 valence electrons. The lowest BCUT2D eigenvalue weighted by atomic mass is 10.0. The van der Waals surface area contributed by atoms with Crippen molar-refractivity contribution in [1.29, 1.82) is 0 Å². The van der Waals surface area contributed by atoms with Crippen molar-refractivity contribution < 1.29 is 48.9 Å². The smallest absolute Gasteiger partial charge is 0.296 e. The van der Waals surface area contributed by atoms with Crippen molar-refractivity contribution in [3.05, 3.63) is 107 Å². The van der Waals surface area contributed by atoms with Crippen LogP contribution in [0.4, 0.5) is 56.9 Å². The molecule has 0 fully saturated rings. The number of aromatic hydroxyl groups is 1. The zero-order valence-corrected chi connectivity index (χ0v) is 32.8.